The zero-order chi connectivity index (χ0) is 26.0. The molecule has 0 aliphatic carbocycles. The van der Waals surface area contributed by atoms with Crippen LogP contribution in [0.5, 0.6) is 11.6 Å². The van der Waals surface area contributed by atoms with Crippen LogP contribution in [0, 0.1) is 17.6 Å². The number of alkyl halides is 3. The van der Waals surface area contributed by atoms with Crippen molar-refractivity contribution in [3.8, 4) is 11.6 Å². The summed E-state index contributed by atoms with van der Waals surface area (Å²) in [5, 5.41) is 9.86. The Morgan fingerprint density at radius 3 is 2.57 bits per heavy atom. The van der Waals surface area contributed by atoms with Crippen LogP contribution in [-0.2, 0) is 14.3 Å². The Hall–Kier alpha value is -3.06. The fourth-order valence-corrected chi connectivity index (χ4v) is 3.97. The summed E-state index contributed by atoms with van der Waals surface area (Å²) in [6.07, 6.45) is -5.44. The molecule has 1 amide bonds. The molecule has 1 aromatic heterocycles. The van der Waals surface area contributed by atoms with E-state index in [0.717, 1.165) is 32.4 Å². The smallest absolute Gasteiger partial charge is 0.417 e. The van der Waals surface area contributed by atoms with Crippen LogP contribution in [0.1, 0.15) is 25.3 Å². The quantitative estimate of drug-likeness (QED) is 0.430. The first kappa shape index (κ1) is 26.5. The molecule has 1 saturated heterocycles. The van der Waals surface area contributed by atoms with E-state index in [1.54, 1.807) is 0 Å². The number of aromatic nitrogens is 2. The second kappa shape index (κ2) is 10.3. The maximum atomic E-state index is 14.4. The lowest BCUT2D eigenvalue weighted by molar-refractivity contribution is -0.272. The Labute approximate surface area is 197 Å². The third-order valence-electron chi connectivity index (χ3n) is 6.01. The molecule has 3 rings (SSSR count). The van der Waals surface area contributed by atoms with Gasteiger partial charge in [0.2, 0.25) is 11.7 Å². The molecule has 192 valence electrons. The first-order valence-electron chi connectivity index (χ1n) is 10.5. The monoisotopic (exact) mass is 505 g/mol. The fraction of sp³-hybridized carbons (Fsp3) is 0.500. The van der Waals surface area contributed by atoms with Crippen molar-refractivity contribution in [3.63, 3.8) is 0 Å². The van der Waals surface area contributed by atoms with E-state index in [0.29, 0.717) is 0 Å². The zero-order valence-corrected chi connectivity index (χ0v) is 19.3. The molecule has 4 atom stereocenters. The van der Waals surface area contributed by atoms with E-state index < -0.39 is 53.0 Å². The SMILES string of the molecule is COCCOc1cc(NC(=O)[C@@H]2O[C@@](C)(C(F)(F)F)[C@@H](C)[C@H]2c2ccc(F)c(F)c2OC)cnn1. The van der Waals surface area contributed by atoms with Crippen LogP contribution >= 0.6 is 0 Å². The molecule has 1 aliphatic rings. The van der Waals surface area contributed by atoms with Gasteiger partial charge in [0.1, 0.15) is 12.7 Å². The van der Waals surface area contributed by atoms with Crippen LogP contribution in [0.3, 0.4) is 0 Å². The Morgan fingerprint density at radius 2 is 1.94 bits per heavy atom. The summed E-state index contributed by atoms with van der Waals surface area (Å²) in [6.45, 7) is 2.44. The number of hydrogen-bond acceptors (Lipinski definition) is 7. The van der Waals surface area contributed by atoms with Gasteiger partial charge < -0.3 is 24.3 Å². The number of halogens is 5. The number of nitrogens with one attached hydrogen (secondary N) is 1. The van der Waals surface area contributed by atoms with Crippen molar-refractivity contribution < 1.29 is 45.7 Å². The molecule has 0 saturated carbocycles. The van der Waals surface area contributed by atoms with Crippen molar-refractivity contribution in [1.82, 2.24) is 10.2 Å². The molecule has 13 heteroatoms. The summed E-state index contributed by atoms with van der Waals surface area (Å²) >= 11 is 0. The van der Waals surface area contributed by atoms with Gasteiger partial charge in [-0.3, -0.25) is 4.79 Å². The predicted molar refractivity (Wildman–Crippen MR) is 112 cm³/mol. The molecule has 2 heterocycles. The van der Waals surface area contributed by atoms with Crippen LogP contribution < -0.4 is 14.8 Å². The van der Waals surface area contributed by atoms with E-state index in [-0.39, 0.29) is 30.3 Å². The minimum absolute atomic E-state index is 0.0412. The first-order chi connectivity index (χ1) is 16.4. The van der Waals surface area contributed by atoms with Gasteiger partial charge in [0, 0.05) is 30.6 Å². The van der Waals surface area contributed by atoms with Crippen LogP contribution in [0.25, 0.3) is 0 Å². The highest BCUT2D eigenvalue weighted by Gasteiger charge is 2.65. The zero-order valence-electron chi connectivity index (χ0n) is 19.3. The molecule has 1 aromatic carbocycles. The molecule has 1 aliphatic heterocycles. The van der Waals surface area contributed by atoms with Gasteiger partial charge in [0.25, 0.3) is 5.91 Å². The summed E-state index contributed by atoms with van der Waals surface area (Å²) in [7, 11) is 2.52. The van der Waals surface area contributed by atoms with Gasteiger partial charge in [-0.2, -0.15) is 22.7 Å². The Morgan fingerprint density at radius 1 is 1.23 bits per heavy atom. The van der Waals surface area contributed by atoms with E-state index in [1.807, 2.05) is 0 Å². The number of hydrogen-bond donors (Lipinski definition) is 1. The standard InChI is InChI=1S/C22H24F5N3O5/c1-11-16(13-5-6-14(23)17(24)18(13)33-4)19(35-21(11,2)22(25,26)27)20(31)29-12-9-15(30-28-10-12)34-8-7-32-3/h5-6,9-11,16,19H,7-8H2,1-4H3,(H,29,30,31)/t11-,16-,19+,21+/m0/s1. The molecular formula is C22H24F5N3O5. The number of benzene rings is 1. The topological polar surface area (TPSA) is 91.8 Å². The average Bonchev–Trinajstić information content (AvgIpc) is 3.08. The first-order valence-corrected chi connectivity index (χ1v) is 10.5. The predicted octanol–water partition coefficient (Wildman–Crippen LogP) is 3.87. The average molecular weight is 505 g/mol. The lowest BCUT2D eigenvalue weighted by Crippen LogP contribution is -2.47. The number of carbonyl (C=O) groups excluding carboxylic acids is 1. The molecule has 0 unspecified atom stereocenters. The van der Waals surface area contributed by atoms with Crippen molar-refractivity contribution in [3.05, 3.63) is 41.6 Å². The maximum absolute atomic E-state index is 14.4. The van der Waals surface area contributed by atoms with Gasteiger partial charge in [-0.1, -0.05) is 13.0 Å². The highest BCUT2D eigenvalue weighted by molar-refractivity contribution is 5.95. The van der Waals surface area contributed by atoms with Crippen LogP contribution in [0.4, 0.5) is 27.6 Å². The van der Waals surface area contributed by atoms with E-state index in [1.165, 1.54) is 20.1 Å². The van der Waals surface area contributed by atoms with E-state index in [4.69, 9.17) is 18.9 Å². The van der Waals surface area contributed by atoms with Gasteiger partial charge in [-0.15, -0.1) is 5.10 Å². The van der Waals surface area contributed by atoms with Crippen molar-refractivity contribution in [1.29, 1.82) is 0 Å². The number of rotatable bonds is 8. The Bertz CT molecular complexity index is 1070. The van der Waals surface area contributed by atoms with Gasteiger partial charge >= 0.3 is 6.18 Å². The second-order valence-electron chi connectivity index (χ2n) is 8.05. The van der Waals surface area contributed by atoms with Crippen LogP contribution in [-0.4, -0.2) is 61.4 Å². The fourth-order valence-electron chi connectivity index (χ4n) is 3.97. The maximum Gasteiger partial charge on any atom is 0.417 e. The number of ether oxygens (including phenoxy) is 4. The normalized spacial score (nSPS) is 24.3. The van der Waals surface area contributed by atoms with E-state index in [9.17, 15) is 26.7 Å². The summed E-state index contributed by atoms with van der Waals surface area (Å²) < 4.78 is 90.7. The number of anilines is 1. The second-order valence-corrected chi connectivity index (χ2v) is 8.05. The minimum atomic E-state index is -4.87. The molecule has 1 N–H and O–H groups in total. The van der Waals surface area contributed by atoms with Gasteiger partial charge in [-0.05, 0) is 13.0 Å². The largest absolute Gasteiger partial charge is 0.493 e. The van der Waals surface area contributed by atoms with E-state index in [2.05, 4.69) is 15.5 Å². The van der Waals surface area contributed by atoms with Crippen molar-refractivity contribution in [2.75, 3.05) is 32.8 Å². The summed E-state index contributed by atoms with van der Waals surface area (Å²) in [6, 6.07) is 3.16. The third-order valence-corrected chi connectivity index (χ3v) is 6.01. The molecule has 2 aromatic rings. The number of nitrogens with zero attached hydrogens (tertiary/aromatic N) is 2. The van der Waals surface area contributed by atoms with Gasteiger partial charge in [0.05, 0.1) is 25.6 Å². The van der Waals surface area contributed by atoms with Gasteiger partial charge in [-0.25, -0.2) is 4.39 Å². The van der Waals surface area contributed by atoms with Crippen LogP contribution in [0.2, 0.25) is 0 Å². The molecule has 0 spiro atoms. The van der Waals surface area contributed by atoms with E-state index >= 15 is 0 Å². The van der Waals surface area contributed by atoms with Crippen molar-refractivity contribution in [2.24, 2.45) is 5.92 Å². The molecule has 0 radical (unpaired) electrons. The number of amides is 1. The number of carbonyl (C=O) groups is 1. The van der Waals surface area contributed by atoms with Crippen LogP contribution in [0.15, 0.2) is 24.4 Å². The lowest BCUT2D eigenvalue weighted by atomic mass is 9.77. The highest BCUT2D eigenvalue weighted by atomic mass is 19.4. The minimum Gasteiger partial charge on any atom is -0.493 e. The third kappa shape index (κ3) is 5.15. The van der Waals surface area contributed by atoms with Crippen molar-refractivity contribution >= 4 is 11.6 Å². The summed E-state index contributed by atoms with van der Waals surface area (Å²) in [5.74, 6) is -6.86. The number of methoxy groups -OCH3 is 2. The lowest BCUT2D eigenvalue weighted by Gasteiger charge is -2.32. The highest BCUT2D eigenvalue weighted by Crippen LogP contribution is 2.55. The Kier molecular flexibility index (Phi) is 7.80. The molecule has 0 bridgehead atoms. The molecule has 8 nitrogen and oxygen atoms in total. The summed E-state index contributed by atoms with van der Waals surface area (Å²) in [4.78, 5) is 13.2. The van der Waals surface area contributed by atoms with Crippen molar-refractivity contribution in [2.45, 2.75) is 37.6 Å². The molecular weight excluding hydrogens is 481 g/mol. The van der Waals surface area contributed by atoms with Gasteiger partial charge in [0.15, 0.2) is 17.2 Å². The summed E-state index contributed by atoms with van der Waals surface area (Å²) in [5.41, 5.74) is -2.82. The molecule has 35 heavy (non-hydrogen) atoms. The Balaban J connectivity index is 1.98. The molecule has 1 fully saturated rings.